The van der Waals surface area contributed by atoms with E-state index < -0.39 is 42.0 Å². The first-order chi connectivity index (χ1) is 10.5. The third kappa shape index (κ3) is 1.47. The Labute approximate surface area is 126 Å². The van der Waals surface area contributed by atoms with Gasteiger partial charge in [-0.25, -0.2) is 4.79 Å². The van der Waals surface area contributed by atoms with Gasteiger partial charge in [-0.1, -0.05) is 6.08 Å². The van der Waals surface area contributed by atoms with Crippen LogP contribution >= 0.6 is 0 Å². The van der Waals surface area contributed by atoms with Gasteiger partial charge in [0.15, 0.2) is 5.60 Å². The zero-order valence-electron chi connectivity index (χ0n) is 12.1. The van der Waals surface area contributed by atoms with Gasteiger partial charge in [-0.2, -0.15) is 0 Å². The largest absolute Gasteiger partial charge is 0.471 e. The molecule has 0 aromatic heterocycles. The molecule has 0 saturated carbocycles. The van der Waals surface area contributed by atoms with Gasteiger partial charge in [0.1, 0.15) is 12.0 Å². The number of hydrogen-bond donors (Lipinski definition) is 1. The molecule has 4 rings (SSSR count). The molecule has 0 aromatic carbocycles. The lowest BCUT2D eigenvalue weighted by Gasteiger charge is -2.32. The van der Waals surface area contributed by atoms with Crippen molar-refractivity contribution in [3.05, 3.63) is 24.0 Å². The molecule has 3 heterocycles. The number of aliphatic hydroxyl groups is 1. The first-order valence-corrected chi connectivity index (χ1v) is 7.19. The highest BCUT2D eigenvalue weighted by Gasteiger charge is 2.72. The molecule has 4 aliphatic rings. The molecule has 0 amide bonds. The molecule has 0 bridgehead atoms. The van der Waals surface area contributed by atoms with Crippen LogP contribution in [-0.4, -0.2) is 48.3 Å². The van der Waals surface area contributed by atoms with Crippen LogP contribution in [0.4, 0.5) is 0 Å². The molecule has 2 fully saturated rings. The second-order valence-electron chi connectivity index (χ2n) is 6.08. The SMILES string of the molecule is COC(=O)C1=CO[C@@H]2O[C@H]3[C@H]([C@H](C)O)C(=O)O[C@]34C=C[C@H]1[C@H]24. The standard InChI is InChI=1S/C15H16O7/c1-6(16)9-11-15(22-13(9)18)4-3-7-8(12(17)19-2)5-20-14(21-11)10(7)15/h3-7,9-11,14,16H,1-2H3/t6-,7+,9-,10+,11-,14+,15-/m0/s1. The molecule has 0 unspecified atom stereocenters. The lowest BCUT2D eigenvalue weighted by molar-refractivity contribution is -0.166. The molecule has 1 N–H and O–H groups in total. The van der Waals surface area contributed by atoms with Crippen LogP contribution < -0.4 is 0 Å². The van der Waals surface area contributed by atoms with Crippen molar-refractivity contribution >= 4 is 11.9 Å². The van der Waals surface area contributed by atoms with Crippen molar-refractivity contribution < 1.29 is 33.6 Å². The molecule has 0 radical (unpaired) electrons. The molecule has 3 aliphatic heterocycles. The van der Waals surface area contributed by atoms with Gasteiger partial charge in [0.25, 0.3) is 0 Å². The molecule has 118 valence electrons. The van der Waals surface area contributed by atoms with Crippen LogP contribution in [0.2, 0.25) is 0 Å². The Morgan fingerprint density at radius 2 is 2.27 bits per heavy atom. The summed E-state index contributed by atoms with van der Waals surface area (Å²) >= 11 is 0. The van der Waals surface area contributed by atoms with Crippen molar-refractivity contribution in [1.29, 1.82) is 0 Å². The summed E-state index contributed by atoms with van der Waals surface area (Å²) in [5, 5.41) is 9.87. The van der Waals surface area contributed by atoms with Crippen molar-refractivity contribution in [2.45, 2.75) is 31.0 Å². The zero-order valence-corrected chi connectivity index (χ0v) is 12.1. The van der Waals surface area contributed by atoms with Crippen molar-refractivity contribution in [1.82, 2.24) is 0 Å². The summed E-state index contributed by atoms with van der Waals surface area (Å²) < 4.78 is 21.7. The summed E-state index contributed by atoms with van der Waals surface area (Å²) in [5.41, 5.74) is -0.612. The summed E-state index contributed by atoms with van der Waals surface area (Å²) in [6.45, 7) is 1.53. The molecule has 22 heavy (non-hydrogen) atoms. The summed E-state index contributed by atoms with van der Waals surface area (Å²) in [7, 11) is 1.30. The predicted octanol–water partition coefficient (Wildman–Crippen LogP) is -0.107. The molecule has 1 spiro atoms. The minimum absolute atomic E-state index is 0.295. The van der Waals surface area contributed by atoms with E-state index in [9.17, 15) is 14.7 Å². The zero-order chi connectivity index (χ0) is 15.6. The number of allylic oxidation sites excluding steroid dienone is 1. The van der Waals surface area contributed by atoms with E-state index in [-0.39, 0.29) is 11.8 Å². The van der Waals surface area contributed by atoms with E-state index in [1.54, 1.807) is 6.08 Å². The van der Waals surface area contributed by atoms with E-state index in [0.717, 1.165) is 0 Å². The third-order valence-electron chi connectivity index (χ3n) is 5.00. The Morgan fingerprint density at radius 1 is 1.50 bits per heavy atom. The highest BCUT2D eigenvalue weighted by atomic mass is 16.7. The number of ether oxygens (including phenoxy) is 4. The molecule has 2 saturated heterocycles. The maximum Gasteiger partial charge on any atom is 0.337 e. The van der Waals surface area contributed by atoms with Crippen molar-refractivity contribution in [2.24, 2.45) is 17.8 Å². The van der Waals surface area contributed by atoms with E-state index in [2.05, 4.69) is 0 Å². The molecular formula is C15H16O7. The second-order valence-corrected chi connectivity index (χ2v) is 6.08. The quantitative estimate of drug-likeness (QED) is 0.562. The first kappa shape index (κ1) is 13.8. The minimum atomic E-state index is -0.985. The van der Waals surface area contributed by atoms with Crippen LogP contribution in [0.25, 0.3) is 0 Å². The van der Waals surface area contributed by atoms with Crippen LogP contribution in [0.3, 0.4) is 0 Å². The fourth-order valence-electron chi connectivity index (χ4n) is 4.04. The maximum atomic E-state index is 12.1. The number of aliphatic hydroxyl groups excluding tert-OH is 1. The van der Waals surface area contributed by atoms with E-state index >= 15 is 0 Å². The highest BCUT2D eigenvalue weighted by molar-refractivity contribution is 5.90. The fraction of sp³-hybridized carbons (Fsp3) is 0.600. The van der Waals surface area contributed by atoms with Gasteiger partial charge in [-0.05, 0) is 13.0 Å². The molecule has 1 aliphatic carbocycles. The predicted molar refractivity (Wildman–Crippen MR) is 70.0 cm³/mol. The summed E-state index contributed by atoms with van der Waals surface area (Å²) in [5.74, 6) is -2.37. The van der Waals surface area contributed by atoms with Gasteiger partial charge < -0.3 is 24.1 Å². The van der Waals surface area contributed by atoms with E-state index in [1.807, 2.05) is 6.08 Å². The number of methoxy groups -OCH3 is 1. The van der Waals surface area contributed by atoms with Gasteiger partial charge >= 0.3 is 11.9 Å². The van der Waals surface area contributed by atoms with E-state index in [1.165, 1.54) is 20.3 Å². The lowest BCUT2D eigenvalue weighted by atomic mass is 9.77. The average Bonchev–Trinajstić information content (AvgIpc) is 3.07. The number of esters is 2. The van der Waals surface area contributed by atoms with Crippen LogP contribution in [0.5, 0.6) is 0 Å². The Morgan fingerprint density at radius 3 is 2.95 bits per heavy atom. The monoisotopic (exact) mass is 308 g/mol. The Bertz CT molecular complexity index is 607. The van der Waals surface area contributed by atoms with Gasteiger partial charge in [0.2, 0.25) is 6.29 Å². The number of carbonyl (C=O) groups excluding carboxylic acids is 2. The second kappa shape index (κ2) is 4.33. The maximum absolute atomic E-state index is 12.1. The summed E-state index contributed by atoms with van der Waals surface area (Å²) in [4.78, 5) is 24.0. The first-order valence-electron chi connectivity index (χ1n) is 7.19. The number of hydrogen-bond acceptors (Lipinski definition) is 7. The Balaban J connectivity index is 1.74. The van der Waals surface area contributed by atoms with E-state index in [0.29, 0.717) is 5.57 Å². The summed E-state index contributed by atoms with van der Waals surface area (Å²) in [6.07, 6.45) is 2.81. The number of rotatable bonds is 2. The fourth-order valence-corrected chi connectivity index (χ4v) is 4.04. The molecular weight excluding hydrogens is 292 g/mol. The molecule has 0 aromatic rings. The smallest absolute Gasteiger partial charge is 0.337 e. The van der Waals surface area contributed by atoms with E-state index in [4.69, 9.17) is 18.9 Å². The van der Waals surface area contributed by atoms with Crippen LogP contribution in [0.15, 0.2) is 24.0 Å². The Kier molecular flexibility index (Phi) is 2.71. The molecule has 7 heteroatoms. The third-order valence-corrected chi connectivity index (χ3v) is 5.00. The lowest BCUT2D eigenvalue weighted by Crippen LogP contribution is -2.44. The summed E-state index contributed by atoms with van der Waals surface area (Å²) in [6, 6.07) is 0. The minimum Gasteiger partial charge on any atom is -0.471 e. The van der Waals surface area contributed by atoms with Gasteiger partial charge in [-0.3, -0.25) is 4.79 Å². The van der Waals surface area contributed by atoms with Gasteiger partial charge in [0, 0.05) is 5.92 Å². The topological polar surface area (TPSA) is 91.3 Å². The molecule has 7 nitrogen and oxygen atoms in total. The van der Waals surface area contributed by atoms with Crippen LogP contribution in [0, 0.1) is 17.8 Å². The van der Waals surface area contributed by atoms with Crippen LogP contribution in [0.1, 0.15) is 6.92 Å². The van der Waals surface area contributed by atoms with Gasteiger partial charge in [-0.15, -0.1) is 0 Å². The van der Waals surface area contributed by atoms with Crippen molar-refractivity contribution in [3.63, 3.8) is 0 Å². The number of carbonyl (C=O) groups is 2. The normalized spacial score (nSPS) is 45.5. The van der Waals surface area contributed by atoms with Crippen molar-refractivity contribution in [3.8, 4) is 0 Å². The Hall–Kier alpha value is -1.86. The molecule has 7 atom stereocenters. The van der Waals surface area contributed by atoms with Crippen molar-refractivity contribution in [2.75, 3.05) is 7.11 Å². The van der Waals surface area contributed by atoms with Gasteiger partial charge in [0.05, 0.1) is 31.0 Å². The average molecular weight is 308 g/mol. The van der Waals surface area contributed by atoms with Crippen LogP contribution in [-0.2, 0) is 28.5 Å². The highest BCUT2D eigenvalue weighted by Crippen LogP contribution is 2.58.